The van der Waals surface area contributed by atoms with E-state index in [0.717, 1.165) is 17.9 Å². The molecule has 1 aliphatic rings. The third-order valence-electron chi connectivity index (χ3n) is 5.02. The standard InChI is InChI=1S/C20H21ClN4S/c1-23-19(16-10-5-6-11-17(16)21)22-25(20(23)26)14-24-13-7-12-18(24)15-8-3-2-4-9-15/h2-6,8-11,18H,7,12-14H2,1H3/t18-/m1/s1. The molecule has 1 aliphatic heterocycles. The van der Waals surface area contributed by atoms with E-state index in [1.807, 2.05) is 40.6 Å². The Morgan fingerprint density at radius 3 is 2.62 bits per heavy atom. The molecule has 26 heavy (non-hydrogen) atoms. The van der Waals surface area contributed by atoms with Crippen LogP contribution >= 0.6 is 23.8 Å². The highest BCUT2D eigenvalue weighted by Gasteiger charge is 2.27. The molecule has 0 bridgehead atoms. The molecule has 0 radical (unpaired) electrons. The van der Waals surface area contributed by atoms with Gasteiger partial charge in [-0.25, -0.2) is 4.68 Å². The number of nitrogens with zero attached hydrogens (tertiary/aromatic N) is 4. The van der Waals surface area contributed by atoms with Gasteiger partial charge in [0.25, 0.3) is 0 Å². The Hall–Kier alpha value is -1.95. The van der Waals surface area contributed by atoms with E-state index in [1.54, 1.807) is 0 Å². The SMILES string of the molecule is Cn1c(-c2ccccc2Cl)nn(CN2CCC[C@@H]2c2ccccc2)c1=S. The number of halogens is 1. The Morgan fingerprint density at radius 1 is 1.12 bits per heavy atom. The number of aromatic nitrogens is 3. The summed E-state index contributed by atoms with van der Waals surface area (Å²) < 4.78 is 4.55. The Balaban J connectivity index is 1.64. The van der Waals surface area contributed by atoms with E-state index in [4.69, 9.17) is 28.9 Å². The molecule has 1 saturated heterocycles. The Bertz CT molecular complexity index is 963. The van der Waals surface area contributed by atoms with Gasteiger partial charge in [-0.2, -0.15) is 5.10 Å². The summed E-state index contributed by atoms with van der Waals surface area (Å²) >= 11 is 12.0. The number of hydrogen-bond donors (Lipinski definition) is 0. The fourth-order valence-corrected chi connectivity index (χ4v) is 4.08. The average Bonchev–Trinajstić information content (AvgIpc) is 3.23. The van der Waals surface area contributed by atoms with E-state index >= 15 is 0 Å². The molecule has 0 unspecified atom stereocenters. The first kappa shape index (κ1) is 17.5. The van der Waals surface area contributed by atoms with Gasteiger partial charge in [0.05, 0.1) is 11.7 Å². The summed E-state index contributed by atoms with van der Waals surface area (Å²) in [6.07, 6.45) is 2.36. The van der Waals surface area contributed by atoms with E-state index in [2.05, 4.69) is 35.2 Å². The van der Waals surface area contributed by atoms with Crippen molar-refractivity contribution in [1.82, 2.24) is 19.2 Å². The molecular weight excluding hydrogens is 364 g/mol. The van der Waals surface area contributed by atoms with Crippen LogP contribution in [-0.4, -0.2) is 25.8 Å². The van der Waals surface area contributed by atoms with Gasteiger partial charge in [-0.1, -0.05) is 54.1 Å². The summed E-state index contributed by atoms with van der Waals surface area (Å²) in [5, 5.41) is 5.47. The van der Waals surface area contributed by atoms with Crippen LogP contribution in [-0.2, 0) is 13.7 Å². The van der Waals surface area contributed by atoms with Crippen LogP contribution in [0.2, 0.25) is 5.02 Å². The smallest absolute Gasteiger partial charge is 0.199 e. The zero-order chi connectivity index (χ0) is 18.1. The van der Waals surface area contributed by atoms with Crippen molar-refractivity contribution < 1.29 is 0 Å². The van der Waals surface area contributed by atoms with Crippen molar-refractivity contribution in [3.63, 3.8) is 0 Å². The molecule has 4 nitrogen and oxygen atoms in total. The Labute approximate surface area is 163 Å². The molecule has 0 spiro atoms. The second kappa shape index (κ2) is 7.35. The van der Waals surface area contributed by atoms with Crippen LogP contribution in [0.15, 0.2) is 54.6 Å². The predicted octanol–water partition coefficient (Wildman–Crippen LogP) is 5.07. The van der Waals surface area contributed by atoms with Gasteiger partial charge in [0.1, 0.15) is 0 Å². The van der Waals surface area contributed by atoms with Gasteiger partial charge in [-0.3, -0.25) is 4.90 Å². The minimum absolute atomic E-state index is 0.420. The molecule has 0 saturated carbocycles. The average molecular weight is 385 g/mol. The van der Waals surface area contributed by atoms with Crippen molar-refractivity contribution in [3.8, 4) is 11.4 Å². The number of likely N-dealkylation sites (tertiary alicyclic amines) is 1. The van der Waals surface area contributed by atoms with Crippen molar-refractivity contribution in [2.45, 2.75) is 25.6 Å². The Kier molecular flexibility index (Phi) is 4.94. The fourth-order valence-electron chi connectivity index (χ4n) is 3.68. The topological polar surface area (TPSA) is 26.0 Å². The lowest BCUT2D eigenvalue weighted by molar-refractivity contribution is 0.190. The van der Waals surface area contributed by atoms with Crippen LogP contribution in [0.1, 0.15) is 24.4 Å². The van der Waals surface area contributed by atoms with Crippen LogP contribution in [0.5, 0.6) is 0 Å². The third kappa shape index (κ3) is 3.22. The third-order valence-corrected chi connectivity index (χ3v) is 5.83. The highest BCUT2D eigenvalue weighted by atomic mass is 35.5. The largest absolute Gasteiger partial charge is 0.303 e. The van der Waals surface area contributed by atoms with Gasteiger partial charge in [0, 0.05) is 25.2 Å². The molecule has 2 aromatic carbocycles. The minimum Gasteiger partial charge on any atom is -0.303 e. The van der Waals surface area contributed by atoms with Gasteiger partial charge in [-0.05, 0) is 42.8 Å². The van der Waals surface area contributed by atoms with E-state index in [1.165, 1.54) is 18.4 Å². The molecule has 2 heterocycles. The number of benzene rings is 2. The van der Waals surface area contributed by atoms with Crippen molar-refractivity contribution in [2.75, 3.05) is 6.54 Å². The summed E-state index contributed by atoms with van der Waals surface area (Å²) in [5.41, 5.74) is 2.27. The van der Waals surface area contributed by atoms with Crippen LogP contribution in [0.3, 0.4) is 0 Å². The van der Waals surface area contributed by atoms with Gasteiger partial charge in [0.15, 0.2) is 10.6 Å². The summed E-state index contributed by atoms with van der Waals surface area (Å²) in [6, 6.07) is 18.9. The molecular formula is C20H21ClN4S. The molecule has 1 atom stereocenters. The number of rotatable bonds is 4. The summed E-state index contributed by atoms with van der Waals surface area (Å²) in [4.78, 5) is 2.45. The van der Waals surface area contributed by atoms with Crippen molar-refractivity contribution in [1.29, 1.82) is 0 Å². The predicted molar refractivity (Wildman–Crippen MR) is 108 cm³/mol. The van der Waals surface area contributed by atoms with Crippen LogP contribution in [0, 0.1) is 4.77 Å². The van der Waals surface area contributed by atoms with Crippen molar-refractivity contribution >= 4 is 23.8 Å². The summed E-state index contributed by atoms with van der Waals surface area (Å²) in [6.45, 7) is 1.75. The quantitative estimate of drug-likeness (QED) is 0.587. The molecule has 1 aromatic heterocycles. The molecule has 3 aromatic rings. The second-order valence-corrected chi connectivity index (χ2v) is 7.44. The van der Waals surface area contributed by atoms with Crippen LogP contribution < -0.4 is 0 Å². The molecule has 4 rings (SSSR count). The molecule has 134 valence electrons. The van der Waals surface area contributed by atoms with Crippen molar-refractivity contribution in [2.24, 2.45) is 7.05 Å². The molecule has 0 amide bonds. The first-order chi connectivity index (χ1) is 12.6. The van der Waals surface area contributed by atoms with Gasteiger partial charge in [0.2, 0.25) is 0 Å². The zero-order valence-electron chi connectivity index (χ0n) is 14.7. The van der Waals surface area contributed by atoms with Gasteiger partial charge in [-0.15, -0.1) is 0 Å². The maximum Gasteiger partial charge on any atom is 0.199 e. The molecule has 1 fully saturated rings. The van der Waals surface area contributed by atoms with E-state index in [-0.39, 0.29) is 0 Å². The van der Waals surface area contributed by atoms with Crippen LogP contribution in [0.25, 0.3) is 11.4 Å². The molecule has 0 aliphatic carbocycles. The van der Waals surface area contributed by atoms with Crippen molar-refractivity contribution in [3.05, 3.63) is 70.0 Å². The summed E-state index contributed by atoms with van der Waals surface area (Å²) in [7, 11) is 1.95. The first-order valence-electron chi connectivity index (χ1n) is 8.83. The van der Waals surface area contributed by atoms with Gasteiger partial charge < -0.3 is 4.57 Å². The van der Waals surface area contributed by atoms with Crippen LogP contribution in [0.4, 0.5) is 0 Å². The van der Waals surface area contributed by atoms with Gasteiger partial charge >= 0.3 is 0 Å². The Morgan fingerprint density at radius 2 is 1.85 bits per heavy atom. The lowest BCUT2D eigenvalue weighted by Crippen LogP contribution is -2.27. The minimum atomic E-state index is 0.420. The molecule has 0 N–H and O–H groups in total. The maximum atomic E-state index is 6.36. The van der Waals surface area contributed by atoms with E-state index < -0.39 is 0 Å². The van der Waals surface area contributed by atoms with E-state index in [9.17, 15) is 0 Å². The highest BCUT2D eigenvalue weighted by Crippen LogP contribution is 2.32. The lowest BCUT2D eigenvalue weighted by Gasteiger charge is -2.24. The lowest BCUT2D eigenvalue weighted by atomic mass is 10.1. The number of hydrogen-bond acceptors (Lipinski definition) is 3. The monoisotopic (exact) mass is 384 g/mol. The zero-order valence-corrected chi connectivity index (χ0v) is 16.2. The second-order valence-electron chi connectivity index (χ2n) is 6.67. The normalized spacial score (nSPS) is 17.7. The highest BCUT2D eigenvalue weighted by molar-refractivity contribution is 7.71. The summed E-state index contributed by atoms with van der Waals surface area (Å²) in [5.74, 6) is 0.802. The van der Waals surface area contributed by atoms with E-state index in [0.29, 0.717) is 22.5 Å². The first-order valence-corrected chi connectivity index (χ1v) is 9.61. The molecule has 6 heteroatoms. The fraction of sp³-hybridized carbons (Fsp3) is 0.300. The maximum absolute atomic E-state index is 6.36.